The molecular weight excluding hydrogens is 175 g/mol. The Morgan fingerprint density at radius 1 is 1.62 bits per heavy atom. The number of nitrogens with zero attached hydrogens (tertiary/aromatic N) is 1. The lowest BCUT2D eigenvalue weighted by atomic mass is 10.1. The number of nitro groups is 1. The Morgan fingerprint density at radius 2 is 2.31 bits per heavy atom. The van der Waals surface area contributed by atoms with Crippen LogP contribution in [0.4, 0.5) is 10.1 Å². The molecule has 13 heavy (non-hydrogen) atoms. The third-order valence-electron chi connectivity index (χ3n) is 1.56. The summed E-state index contributed by atoms with van der Waals surface area (Å²) in [5.41, 5.74) is 0.0162. The number of hydrogen-bond donors (Lipinski definition) is 1. The lowest BCUT2D eigenvalue weighted by Gasteiger charge is -1.97. The zero-order chi connectivity index (χ0) is 9.84. The molecule has 1 aromatic rings. The molecule has 0 heterocycles. The molecule has 0 aliphatic carbocycles. The topological polar surface area (TPSA) is 67.0 Å². The number of non-ortho nitro benzene ring substituents is 1. The van der Waals surface area contributed by atoms with Gasteiger partial charge in [0.15, 0.2) is 0 Å². The molecule has 0 unspecified atom stereocenters. The van der Waals surface area contributed by atoms with Crippen LogP contribution in [-0.4, -0.2) is 11.1 Å². The molecule has 4 nitrogen and oxygen atoms in total. The number of halogens is 1. The Kier molecular flexibility index (Phi) is 2.69. The SMILES string of the molecule is N=CCc1cc([N+](=O)[O-])ccc1F. The van der Waals surface area contributed by atoms with Crippen LogP contribution in [0.1, 0.15) is 5.56 Å². The van der Waals surface area contributed by atoms with Gasteiger partial charge in [-0.3, -0.25) is 10.1 Å². The first-order chi connectivity index (χ1) is 6.15. The highest BCUT2D eigenvalue weighted by Crippen LogP contribution is 2.16. The highest BCUT2D eigenvalue weighted by atomic mass is 19.1. The van der Waals surface area contributed by atoms with Gasteiger partial charge in [0.25, 0.3) is 5.69 Å². The molecule has 68 valence electrons. The fraction of sp³-hybridized carbons (Fsp3) is 0.125. The van der Waals surface area contributed by atoms with Gasteiger partial charge in [-0.2, -0.15) is 0 Å². The van der Waals surface area contributed by atoms with Gasteiger partial charge in [-0.15, -0.1) is 0 Å². The molecule has 1 rings (SSSR count). The minimum atomic E-state index is -0.590. The number of benzene rings is 1. The Balaban J connectivity index is 3.10. The second kappa shape index (κ2) is 3.75. The molecule has 1 N–H and O–H groups in total. The van der Waals surface area contributed by atoms with Crippen molar-refractivity contribution in [3.8, 4) is 0 Å². The van der Waals surface area contributed by atoms with Crippen LogP contribution >= 0.6 is 0 Å². The van der Waals surface area contributed by atoms with E-state index in [0.717, 1.165) is 24.4 Å². The Morgan fingerprint density at radius 3 is 2.85 bits per heavy atom. The molecule has 1 aromatic carbocycles. The van der Waals surface area contributed by atoms with Crippen LogP contribution in [0.3, 0.4) is 0 Å². The zero-order valence-corrected chi connectivity index (χ0v) is 6.66. The van der Waals surface area contributed by atoms with Crippen molar-refractivity contribution < 1.29 is 9.31 Å². The Bertz CT molecular complexity index is 352. The van der Waals surface area contributed by atoms with E-state index in [1.807, 2.05) is 0 Å². The quantitative estimate of drug-likeness (QED) is 0.440. The van der Waals surface area contributed by atoms with Gasteiger partial charge in [-0.1, -0.05) is 0 Å². The van der Waals surface area contributed by atoms with Gasteiger partial charge < -0.3 is 5.41 Å². The lowest BCUT2D eigenvalue weighted by molar-refractivity contribution is -0.385. The van der Waals surface area contributed by atoms with Crippen LogP contribution in [0.15, 0.2) is 18.2 Å². The molecule has 0 bridgehead atoms. The van der Waals surface area contributed by atoms with Gasteiger partial charge >= 0.3 is 0 Å². The molecule has 0 aromatic heterocycles. The summed E-state index contributed by atoms with van der Waals surface area (Å²) in [5, 5.41) is 17.0. The van der Waals surface area contributed by atoms with Gasteiger partial charge in [0.05, 0.1) is 4.92 Å². The van der Waals surface area contributed by atoms with Crippen molar-refractivity contribution in [1.82, 2.24) is 0 Å². The molecule has 0 aliphatic heterocycles. The number of nitrogens with one attached hydrogen (secondary N) is 1. The Labute approximate surface area is 73.7 Å². The zero-order valence-electron chi connectivity index (χ0n) is 6.66. The minimum Gasteiger partial charge on any atom is -0.313 e. The monoisotopic (exact) mass is 182 g/mol. The van der Waals surface area contributed by atoms with Crippen molar-refractivity contribution in [3.63, 3.8) is 0 Å². The highest BCUT2D eigenvalue weighted by molar-refractivity contribution is 5.58. The Hall–Kier alpha value is -1.78. The van der Waals surface area contributed by atoms with Crippen LogP contribution in [-0.2, 0) is 6.42 Å². The van der Waals surface area contributed by atoms with Crippen LogP contribution in [0.25, 0.3) is 0 Å². The summed E-state index contributed by atoms with van der Waals surface area (Å²) >= 11 is 0. The number of hydrogen-bond acceptors (Lipinski definition) is 3. The van der Waals surface area contributed by atoms with Crippen molar-refractivity contribution in [3.05, 3.63) is 39.7 Å². The highest BCUT2D eigenvalue weighted by Gasteiger charge is 2.09. The van der Waals surface area contributed by atoms with Crippen molar-refractivity contribution in [2.75, 3.05) is 0 Å². The third-order valence-corrected chi connectivity index (χ3v) is 1.56. The van der Waals surface area contributed by atoms with Crippen molar-refractivity contribution in [2.24, 2.45) is 0 Å². The van der Waals surface area contributed by atoms with E-state index in [9.17, 15) is 14.5 Å². The minimum absolute atomic E-state index is 0.0769. The van der Waals surface area contributed by atoms with Gasteiger partial charge in [0.1, 0.15) is 5.82 Å². The molecular formula is C8H7FN2O2. The summed E-state index contributed by atoms with van der Waals surface area (Å²) in [6.07, 6.45) is 1.08. The summed E-state index contributed by atoms with van der Waals surface area (Å²) in [6.45, 7) is 0. The standard InChI is InChI=1S/C8H7FN2O2/c9-8-2-1-7(11(12)13)5-6(8)3-4-10/h1-2,4-5,10H,3H2. The van der Waals surface area contributed by atoms with E-state index in [1.54, 1.807) is 0 Å². The molecule has 0 fully saturated rings. The maximum Gasteiger partial charge on any atom is 0.269 e. The fourth-order valence-corrected chi connectivity index (χ4v) is 0.941. The maximum absolute atomic E-state index is 12.9. The molecule has 0 saturated carbocycles. The van der Waals surface area contributed by atoms with Crippen LogP contribution < -0.4 is 0 Å². The second-order valence-electron chi connectivity index (χ2n) is 2.44. The molecule has 0 saturated heterocycles. The van der Waals surface area contributed by atoms with E-state index >= 15 is 0 Å². The van der Waals surface area contributed by atoms with E-state index in [2.05, 4.69) is 0 Å². The molecule has 0 atom stereocenters. The summed E-state index contributed by atoms with van der Waals surface area (Å²) < 4.78 is 12.9. The maximum atomic E-state index is 12.9. The average molecular weight is 182 g/mol. The van der Waals surface area contributed by atoms with E-state index in [0.29, 0.717) is 0 Å². The predicted octanol–water partition coefficient (Wildman–Crippen LogP) is 1.93. The first-order valence-corrected chi connectivity index (χ1v) is 3.57. The smallest absolute Gasteiger partial charge is 0.269 e. The van der Waals surface area contributed by atoms with Crippen molar-refractivity contribution in [2.45, 2.75) is 6.42 Å². The van der Waals surface area contributed by atoms with Gasteiger partial charge in [-0.25, -0.2) is 4.39 Å². The fourth-order valence-electron chi connectivity index (χ4n) is 0.941. The average Bonchev–Trinajstić information content (AvgIpc) is 2.08. The van der Waals surface area contributed by atoms with E-state index in [4.69, 9.17) is 5.41 Å². The molecule has 0 amide bonds. The van der Waals surface area contributed by atoms with Gasteiger partial charge in [0, 0.05) is 18.6 Å². The van der Waals surface area contributed by atoms with E-state index in [-0.39, 0.29) is 17.7 Å². The van der Waals surface area contributed by atoms with Crippen molar-refractivity contribution in [1.29, 1.82) is 5.41 Å². The van der Waals surface area contributed by atoms with Gasteiger partial charge in [-0.05, 0) is 17.8 Å². The summed E-state index contributed by atoms with van der Waals surface area (Å²) in [4.78, 5) is 9.70. The predicted molar refractivity (Wildman–Crippen MR) is 45.5 cm³/mol. The number of nitro benzene ring substituents is 1. The van der Waals surface area contributed by atoms with Crippen LogP contribution in [0.5, 0.6) is 0 Å². The molecule has 5 heteroatoms. The normalized spacial score (nSPS) is 9.62. The van der Waals surface area contributed by atoms with E-state index < -0.39 is 10.7 Å². The van der Waals surface area contributed by atoms with Crippen molar-refractivity contribution >= 4 is 11.9 Å². The number of rotatable bonds is 3. The molecule has 0 spiro atoms. The van der Waals surface area contributed by atoms with Crippen LogP contribution in [0.2, 0.25) is 0 Å². The lowest BCUT2D eigenvalue weighted by Crippen LogP contribution is -1.94. The van der Waals surface area contributed by atoms with Gasteiger partial charge in [0.2, 0.25) is 0 Å². The van der Waals surface area contributed by atoms with E-state index in [1.165, 1.54) is 0 Å². The summed E-state index contributed by atoms with van der Waals surface area (Å²) in [5.74, 6) is -0.519. The summed E-state index contributed by atoms with van der Waals surface area (Å²) in [6, 6.07) is 3.28. The summed E-state index contributed by atoms with van der Waals surface area (Å²) in [7, 11) is 0. The first kappa shape index (κ1) is 9.31. The molecule has 0 aliphatic rings. The second-order valence-corrected chi connectivity index (χ2v) is 2.44. The van der Waals surface area contributed by atoms with Crippen LogP contribution in [0, 0.1) is 21.3 Å². The molecule has 0 radical (unpaired) electrons. The first-order valence-electron chi connectivity index (χ1n) is 3.57. The third kappa shape index (κ3) is 2.08. The largest absolute Gasteiger partial charge is 0.313 e.